The first-order valence-corrected chi connectivity index (χ1v) is 4.95. The van der Waals surface area contributed by atoms with Gasteiger partial charge in [0.25, 0.3) is 0 Å². The van der Waals surface area contributed by atoms with E-state index in [1.54, 1.807) is 17.5 Å². The van der Waals surface area contributed by atoms with Gasteiger partial charge in [0.1, 0.15) is 0 Å². The van der Waals surface area contributed by atoms with Gasteiger partial charge in [0.2, 0.25) is 0 Å². The lowest BCUT2D eigenvalue weighted by molar-refractivity contribution is 0.884. The highest BCUT2D eigenvalue weighted by Gasteiger charge is 2.08. The zero-order chi connectivity index (χ0) is 9.10. The number of pyridine rings is 1. The molecule has 2 nitrogen and oxygen atoms in total. The zero-order valence-corrected chi connectivity index (χ0v) is 7.87. The van der Waals surface area contributed by atoms with Crippen LogP contribution >= 0.6 is 11.3 Å². The van der Waals surface area contributed by atoms with Crippen LogP contribution in [-0.4, -0.2) is 4.98 Å². The van der Waals surface area contributed by atoms with Gasteiger partial charge in [-0.05, 0) is 23.1 Å². The molecule has 13 heavy (non-hydrogen) atoms. The van der Waals surface area contributed by atoms with Crippen molar-refractivity contribution < 1.29 is 0 Å². The molecule has 0 saturated heterocycles. The van der Waals surface area contributed by atoms with Crippen molar-refractivity contribution in [1.29, 1.82) is 0 Å². The molecule has 0 aliphatic heterocycles. The first-order valence-electron chi connectivity index (χ1n) is 4.07. The lowest BCUT2D eigenvalue weighted by Gasteiger charge is -2.08. The maximum absolute atomic E-state index is 6.03. The van der Waals surface area contributed by atoms with Crippen molar-refractivity contribution >= 4 is 11.3 Å². The van der Waals surface area contributed by atoms with Crippen LogP contribution in [0.1, 0.15) is 16.5 Å². The van der Waals surface area contributed by atoms with Gasteiger partial charge in [0.05, 0.1) is 6.04 Å². The third-order valence-corrected chi connectivity index (χ3v) is 2.85. The Balaban J connectivity index is 2.29. The lowest BCUT2D eigenvalue weighted by atomic mass is 10.1. The highest BCUT2D eigenvalue weighted by Crippen LogP contribution is 2.22. The topological polar surface area (TPSA) is 38.9 Å². The number of hydrogen-bond acceptors (Lipinski definition) is 3. The lowest BCUT2D eigenvalue weighted by Crippen LogP contribution is -2.09. The molecule has 0 radical (unpaired) electrons. The average Bonchev–Trinajstić information content (AvgIpc) is 2.71. The highest BCUT2D eigenvalue weighted by atomic mass is 32.1. The normalized spacial score (nSPS) is 12.7. The molecule has 0 spiro atoms. The summed E-state index contributed by atoms with van der Waals surface area (Å²) in [4.78, 5) is 5.21. The Bertz CT molecular complexity index is 356. The predicted octanol–water partition coefficient (Wildman–Crippen LogP) is 2.19. The number of rotatable bonds is 2. The van der Waals surface area contributed by atoms with E-state index in [2.05, 4.69) is 4.98 Å². The Morgan fingerprint density at radius 2 is 2.23 bits per heavy atom. The Morgan fingerprint density at radius 3 is 2.85 bits per heavy atom. The van der Waals surface area contributed by atoms with E-state index in [4.69, 9.17) is 5.73 Å². The van der Waals surface area contributed by atoms with Crippen molar-refractivity contribution in [3.63, 3.8) is 0 Å². The molecule has 66 valence electrons. The summed E-state index contributed by atoms with van der Waals surface area (Å²) in [6.07, 6.45) is 3.56. The minimum atomic E-state index is -0.0336. The molecular formula is C10H10N2S. The van der Waals surface area contributed by atoms with E-state index in [0.29, 0.717) is 0 Å². The van der Waals surface area contributed by atoms with Gasteiger partial charge in [-0.3, -0.25) is 4.98 Å². The molecule has 1 atom stereocenters. The Labute approximate surface area is 81.1 Å². The molecule has 3 heteroatoms. The second kappa shape index (κ2) is 3.68. The number of nitrogens with two attached hydrogens (primary N) is 1. The summed E-state index contributed by atoms with van der Waals surface area (Å²) in [5.74, 6) is 0. The van der Waals surface area contributed by atoms with Crippen molar-refractivity contribution in [1.82, 2.24) is 4.98 Å². The standard InChI is InChI=1S/C10H10N2S/c11-10(9-4-2-6-13-9)8-3-1-5-12-7-8/h1-7,10H,11H2/t10-/m1/s1. The van der Waals surface area contributed by atoms with E-state index in [-0.39, 0.29) is 6.04 Å². The SMILES string of the molecule is N[C@H](c1cccnc1)c1cccs1. The molecule has 0 fully saturated rings. The molecular weight excluding hydrogens is 180 g/mol. The first kappa shape index (κ1) is 8.41. The molecule has 0 aromatic carbocycles. The van der Waals surface area contributed by atoms with E-state index in [0.717, 1.165) is 5.56 Å². The molecule has 0 bridgehead atoms. The van der Waals surface area contributed by atoms with Gasteiger partial charge in [0, 0.05) is 17.3 Å². The van der Waals surface area contributed by atoms with E-state index in [1.807, 2.05) is 35.8 Å². The molecule has 2 N–H and O–H groups in total. The minimum absolute atomic E-state index is 0.0336. The Hall–Kier alpha value is -1.19. The summed E-state index contributed by atoms with van der Waals surface area (Å²) in [7, 11) is 0. The molecule has 0 unspecified atom stereocenters. The van der Waals surface area contributed by atoms with Crippen molar-refractivity contribution in [3.8, 4) is 0 Å². The maximum atomic E-state index is 6.03. The molecule has 0 aliphatic carbocycles. The molecule has 0 aliphatic rings. The van der Waals surface area contributed by atoms with Crippen LogP contribution in [0.15, 0.2) is 42.0 Å². The quantitative estimate of drug-likeness (QED) is 0.788. The highest BCUT2D eigenvalue weighted by molar-refractivity contribution is 7.10. The summed E-state index contributed by atoms with van der Waals surface area (Å²) in [6, 6.07) is 7.92. The average molecular weight is 190 g/mol. The fourth-order valence-corrected chi connectivity index (χ4v) is 1.95. The smallest absolute Gasteiger partial charge is 0.0661 e. The minimum Gasteiger partial charge on any atom is -0.320 e. The first-order chi connectivity index (χ1) is 6.38. The van der Waals surface area contributed by atoms with Gasteiger partial charge in [-0.25, -0.2) is 0 Å². The second-order valence-corrected chi connectivity index (χ2v) is 3.76. The van der Waals surface area contributed by atoms with E-state index in [9.17, 15) is 0 Å². The van der Waals surface area contributed by atoms with Crippen molar-refractivity contribution in [3.05, 3.63) is 52.5 Å². The van der Waals surface area contributed by atoms with Gasteiger partial charge in [-0.15, -0.1) is 11.3 Å². The van der Waals surface area contributed by atoms with Crippen molar-refractivity contribution in [2.75, 3.05) is 0 Å². The van der Waals surface area contributed by atoms with Crippen LogP contribution in [0.4, 0.5) is 0 Å². The fourth-order valence-electron chi connectivity index (χ4n) is 1.19. The van der Waals surface area contributed by atoms with Crippen molar-refractivity contribution in [2.45, 2.75) is 6.04 Å². The summed E-state index contributed by atoms with van der Waals surface area (Å²) in [5.41, 5.74) is 7.09. The molecule has 2 aromatic rings. The molecule has 2 rings (SSSR count). The van der Waals surface area contributed by atoms with Gasteiger partial charge in [-0.1, -0.05) is 12.1 Å². The van der Waals surface area contributed by atoms with Crippen molar-refractivity contribution in [2.24, 2.45) is 5.73 Å². The predicted molar refractivity (Wildman–Crippen MR) is 54.6 cm³/mol. The second-order valence-electron chi connectivity index (χ2n) is 2.78. The fraction of sp³-hybridized carbons (Fsp3) is 0.100. The summed E-state index contributed by atoms with van der Waals surface area (Å²) in [5, 5.41) is 2.03. The van der Waals surface area contributed by atoms with Crippen LogP contribution in [0, 0.1) is 0 Å². The van der Waals surface area contributed by atoms with E-state index in [1.165, 1.54) is 4.88 Å². The van der Waals surface area contributed by atoms with Gasteiger partial charge in [-0.2, -0.15) is 0 Å². The van der Waals surface area contributed by atoms with Crippen LogP contribution in [0.5, 0.6) is 0 Å². The van der Waals surface area contributed by atoms with E-state index >= 15 is 0 Å². The number of hydrogen-bond donors (Lipinski definition) is 1. The molecule has 2 heterocycles. The molecule has 2 aromatic heterocycles. The van der Waals surface area contributed by atoms with E-state index < -0.39 is 0 Å². The zero-order valence-electron chi connectivity index (χ0n) is 7.05. The summed E-state index contributed by atoms with van der Waals surface area (Å²) < 4.78 is 0. The van der Waals surface area contributed by atoms with Crippen LogP contribution in [0.2, 0.25) is 0 Å². The van der Waals surface area contributed by atoms with Crippen LogP contribution in [0.3, 0.4) is 0 Å². The number of nitrogens with zero attached hydrogens (tertiary/aromatic N) is 1. The number of aromatic nitrogens is 1. The monoisotopic (exact) mass is 190 g/mol. The largest absolute Gasteiger partial charge is 0.320 e. The molecule has 0 saturated carbocycles. The number of thiophene rings is 1. The maximum Gasteiger partial charge on any atom is 0.0661 e. The summed E-state index contributed by atoms with van der Waals surface area (Å²) >= 11 is 1.67. The van der Waals surface area contributed by atoms with Gasteiger partial charge in [0.15, 0.2) is 0 Å². The van der Waals surface area contributed by atoms with Gasteiger partial charge >= 0.3 is 0 Å². The third-order valence-electron chi connectivity index (χ3n) is 1.89. The van der Waals surface area contributed by atoms with Crippen LogP contribution in [0.25, 0.3) is 0 Å². The van der Waals surface area contributed by atoms with Gasteiger partial charge < -0.3 is 5.73 Å². The van der Waals surface area contributed by atoms with Crippen LogP contribution in [-0.2, 0) is 0 Å². The third kappa shape index (κ3) is 1.76. The Kier molecular flexibility index (Phi) is 2.38. The van der Waals surface area contributed by atoms with Crippen LogP contribution < -0.4 is 5.73 Å². The summed E-state index contributed by atoms with van der Waals surface area (Å²) in [6.45, 7) is 0. The Morgan fingerprint density at radius 1 is 1.31 bits per heavy atom. The molecule has 0 amide bonds.